The zero-order chi connectivity index (χ0) is 13.8. The molecule has 106 valence electrons. The molecule has 0 saturated heterocycles. The minimum Gasteiger partial charge on any atom is -0.379 e. The number of nitrogens with zero attached hydrogens (tertiary/aromatic N) is 1. The van der Waals surface area contributed by atoms with Crippen LogP contribution >= 0.6 is 12.2 Å². The Morgan fingerprint density at radius 1 is 1.37 bits per heavy atom. The van der Waals surface area contributed by atoms with Crippen LogP contribution in [0.4, 0.5) is 0 Å². The highest BCUT2D eigenvalue weighted by Crippen LogP contribution is 2.20. The molecule has 0 unspecified atom stereocenters. The Morgan fingerprint density at radius 2 is 2.11 bits per heavy atom. The van der Waals surface area contributed by atoms with Gasteiger partial charge in [0.2, 0.25) is 0 Å². The fraction of sp³-hybridized carbons (Fsp3) is 0.714. The first-order valence-electron chi connectivity index (χ1n) is 7.06. The normalized spacial score (nSPS) is 14.7. The molecular formula is C14H22N2O2S. The Kier molecular flexibility index (Phi) is 4.93. The molecule has 1 aromatic heterocycles. The number of fused-ring (bicyclic) bond motifs is 1. The van der Waals surface area contributed by atoms with Crippen molar-refractivity contribution in [1.29, 1.82) is 0 Å². The minimum atomic E-state index is -0.0739. The summed E-state index contributed by atoms with van der Waals surface area (Å²) < 4.78 is 8.01. The largest absolute Gasteiger partial charge is 0.379 e. The Labute approximate surface area is 118 Å². The molecule has 0 amide bonds. The van der Waals surface area contributed by atoms with Crippen LogP contribution in [0.2, 0.25) is 0 Å². The fourth-order valence-electron chi connectivity index (χ4n) is 2.57. The van der Waals surface area contributed by atoms with Gasteiger partial charge in [0, 0.05) is 24.4 Å². The third-order valence-electron chi connectivity index (χ3n) is 3.48. The van der Waals surface area contributed by atoms with Gasteiger partial charge in [0.25, 0.3) is 0 Å². The second-order valence-corrected chi connectivity index (χ2v) is 5.72. The van der Waals surface area contributed by atoms with E-state index in [-0.39, 0.29) is 11.8 Å². The summed E-state index contributed by atoms with van der Waals surface area (Å²) in [5, 5.41) is 0. The summed E-state index contributed by atoms with van der Waals surface area (Å²) in [5.74, 6) is 0. The topological polar surface area (TPSA) is 47.0 Å². The Morgan fingerprint density at radius 3 is 2.84 bits per heavy atom. The predicted molar refractivity (Wildman–Crippen MR) is 78.2 cm³/mol. The number of hydrogen-bond donors (Lipinski definition) is 1. The first-order valence-corrected chi connectivity index (χ1v) is 7.47. The highest BCUT2D eigenvalue weighted by atomic mass is 32.1. The lowest BCUT2D eigenvalue weighted by Gasteiger charge is -2.20. The van der Waals surface area contributed by atoms with Crippen LogP contribution in [-0.4, -0.2) is 22.3 Å². The van der Waals surface area contributed by atoms with E-state index < -0.39 is 0 Å². The molecule has 0 spiro atoms. The molecule has 4 nitrogen and oxygen atoms in total. The van der Waals surface area contributed by atoms with Gasteiger partial charge >= 0.3 is 5.69 Å². The van der Waals surface area contributed by atoms with E-state index in [9.17, 15) is 4.79 Å². The zero-order valence-corrected chi connectivity index (χ0v) is 12.5. The van der Waals surface area contributed by atoms with E-state index in [0.717, 1.165) is 31.4 Å². The van der Waals surface area contributed by atoms with Crippen LogP contribution in [0.15, 0.2) is 4.79 Å². The molecule has 1 aliphatic carbocycles. The van der Waals surface area contributed by atoms with Gasteiger partial charge < -0.3 is 4.74 Å². The lowest BCUT2D eigenvalue weighted by Crippen LogP contribution is -2.30. The van der Waals surface area contributed by atoms with Gasteiger partial charge in [0.1, 0.15) is 4.64 Å². The number of aromatic amines is 1. The molecule has 1 aromatic rings. The molecule has 0 atom stereocenters. The van der Waals surface area contributed by atoms with E-state index in [2.05, 4.69) is 4.98 Å². The van der Waals surface area contributed by atoms with Crippen LogP contribution in [0.1, 0.15) is 44.4 Å². The molecule has 0 bridgehead atoms. The fourth-order valence-corrected chi connectivity index (χ4v) is 2.88. The van der Waals surface area contributed by atoms with Crippen molar-refractivity contribution in [3.8, 4) is 0 Å². The second kappa shape index (κ2) is 6.48. The van der Waals surface area contributed by atoms with E-state index in [1.807, 2.05) is 18.4 Å². The number of ether oxygens (including phenoxy) is 1. The highest BCUT2D eigenvalue weighted by molar-refractivity contribution is 7.71. The van der Waals surface area contributed by atoms with Gasteiger partial charge in [-0.25, -0.2) is 4.79 Å². The number of rotatable bonds is 5. The average molecular weight is 282 g/mol. The van der Waals surface area contributed by atoms with Crippen LogP contribution in [0, 0.1) is 4.64 Å². The molecule has 1 N–H and O–H groups in total. The monoisotopic (exact) mass is 282 g/mol. The summed E-state index contributed by atoms with van der Waals surface area (Å²) in [7, 11) is 0. The van der Waals surface area contributed by atoms with Crippen molar-refractivity contribution >= 4 is 12.2 Å². The molecular weight excluding hydrogens is 260 g/mol. The Bertz CT molecular complexity index is 545. The van der Waals surface area contributed by atoms with E-state index in [4.69, 9.17) is 17.0 Å². The van der Waals surface area contributed by atoms with Crippen LogP contribution in [-0.2, 0) is 24.1 Å². The van der Waals surface area contributed by atoms with Crippen LogP contribution < -0.4 is 5.69 Å². The van der Waals surface area contributed by atoms with Gasteiger partial charge in [0.05, 0.1) is 6.10 Å². The highest BCUT2D eigenvalue weighted by Gasteiger charge is 2.16. The summed E-state index contributed by atoms with van der Waals surface area (Å²) in [5.41, 5.74) is 2.24. The van der Waals surface area contributed by atoms with Gasteiger partial charge in [-0.3, -0.25) is 9.55 Å². The van der Waals surface area contributed by atoms with Crippen molar-refractivity contribution < 1.29 is 4.74 Å². The van der Waals surface area contributed by atoms with E-state index in [1.165, 1.54) is 12.0 Å². The van der Waals surface area contributed by atoms with Gasteiger partial charge in [0.15, 0.2) is 0 Å². The number of aromatic nitrogens is 2. The third kappa shape index (κ3) is 3.54. The summed E-state index contributed by atoms with van der Waals surface area (Å²) in [6.45, 7) is 5.44. The second-order valence-electron chi connectivity index (χ2n) is 5.32. The van der Waals surface area contributed by atoms with Gasteiger partial charge in [-0.2, -0.15) is 0 Å². The van der Waals surface area contributed by atoms with Gasteiger partial charge in [-0.15, -0.1) is 0 Å². The summed E-state index contributed by atoms with van der Waals surface area (Å²) >= 11 is 5.26. The lowest BCUT2D eigenvalue weighted by atomic mass is 9.97. The summed E-state index contributed by atoms with van der Waals surface area (Å²) in [6, 6.07) is 0. The maximum absolute atomic E-state index is 12.0. The Balaban J connectivity index is 2.16. The van der Waals surface area contributed by atoms with E-state index in [1.54, 1.807) is 0 Å². The van der Waals surface area contributed by atoms with Crippen LogP contribution in [0.3, 0.4) is 0 Å². The molecule has 2 rings (SSSR count). The van der Waals surface area contributed by atoms with Crippen molar-refractivity contribution in [3.05, 3.63) is 26.4 Å². The predicted octanol–water partition coefficient (Wildman–Crippen LogP) is 2.60. The maximum Gasteiger partial charge on any atom is 0.326 e. The quantitative estimate of drug-likeness (QED) is 0.667. The van der Waals surface area contributed by atoms with Crippen LogP contribution in [0.5, 0.6) is 0 Å². The maximum atomic E-state index is 12.0. The third-order valence-corrected chi connectivity index (χ3v) is 3.83. The SMILES string of the molecule is CC(C)OCCCn1c2c(c(=S)[nH]c1=O)CCCC2. The van der Waals surface area contributed by atoms with Crippen LogP contribution in [0.25, 0.3) is 0 Å². The van der Waals surface area contributed by atoms with E-state index in [0.29, 0.717) is 17.8 Å². The van der Waals surface area contributed by atoms with Gasteiger partial charge in [-0.1, -0.05) is 12.2 Å². The first-order chi connectivity index (χ1) is 9.09. The zero-order valence-electron chi connectivity index (χ0n) is 11.7. The van der Waals surface area contributed by atoms with E-state index >= 15 is 0 Å². The molecule has 19 heavy (non-hydrogen) atoms. The molecule has 0 aromatic carbocycles. The van der Waals surface area contributed by atoms with Crippen molar-refractivity contribution in [2.45, 2.75) is 58.6 Å². The molecule has 0 radical (unpaired) electrons. The van der Waals surface area contributed by atoms with Crippen molar-refractivity contribution in [3.63, 3.8) is 0 Å². The molecule has 1 heterocycles. The molecule has 5 heteroatoms. The minimum absolute atomic E-state index is 0.0739. The molecule has 0 aliphatic heterocycles. The first kappa shape index (κ1) is 14.5. The number of H-pyrrole nitrogens is 1. The standard InChI is InChI=1S/C14H22N2O2S/c1-10(2)18-9-5-8-16-12-7-4-3-6-11(12)13(19)15-14(16)17/h10H,3-9H2,1-2H3,(H,15,17,19). The lowest BCUT2D eigenvalue weighted by molar-refractivity contribution is 0.0745. The number of nitrogens with one attached hydrogen (secondary N) is 1. The molecule has 0 saturated carbocycles. The summed E-state index contributed by atoms with van der Waals surface area (Å²) in [6.07, 6.45) is 5.37. The average Bonchev–Trinajstić information content (AvgIpc) is 2.37. The van der Waals surface area contributed by atoms with Crippen molar-refractivity contribution in [2.24, 2.45) is 0 Å². The Hall–Kier alpha value is -0.940. The molecule has 0 fully saturated rings. The van der Waals surface area contributed by atoms with Gasteiger partial charge in [-0.05, 0) is 46.0 Å². The van der Waals surface area contributed by atoms with Crippen molar-refractivity contribution in [2.75, 3.05) is 6.61 Å². The summed E-state index contributed by atoms with van der Waals surface area (Å²) in [4.78, 5) is 14.8. The number of hydrogen-bond acceptors (Lipinski definition) is 3. The smallest absolute Gasteiger partial charge is 0.326 e. The molecule has 1 aliphatic rings. The van der Waals surface area contributed by atoms with Crippen molar-refractivity contribution in [1.82, 2.24) is 9.55 Å².